The Hall–Kier alpha value is -0.760. The van der Waals surface area contributed by atoms with Crippen molar-refractivity contribution in [1.82, 2.24) is 4.72 Å². The number of rotatable bonds is 7. The minimum atomic E-state index is -3.62. The predicted octanol–water partition coefficient (Wildman–Crippen LogP) is 1.22. The van der Waals surface area contributed by atoms with E-state index in [0.717, 1.165) is 0 Å². The molecule has 0 aliphatic carbocycles. The van der Waals surface area contributed by atoms with Gasteiger partial charge >= 0.3 is 0 Å². The Labute approximate surface area is 118 Å². The highest BCUT2D eigenvalue weighted by atomic mass is 32.2. The second-order valence-electron chi connectivity index (χ2n) is 4.12. The maximum absolute atomic E-state index is 12.2. The number of hydrogen-bond acceptors (Lipinski definition) is 5. The molecule has 2 N–H and O–H groups in total. The molecule has 0 bridgehead atoms. The van der Waals surface area contributed by atoms with Crippen molar-refractivity contribution < 1.29 is 18.3 Å². The summed E-state index contributed by atoms with van der Waals surface area (Å²) in [6.07, 6.45) is 1.92. The van der Waals surface area contributed by atoms with E-state index in [4.69, 9.17) is 9.84 Å². The molecule has 1 aromatic carbocycles. The summed E-state index contributed by atoms with van der Waals surface area (Å²) in [5.41, 5.74) is 0.605. The van der Waals surface area contributed by atoms with Crippen LogP contribution in [0.15, 0.2) is 23.1 Å². The molecule has 0 spiro atoms. The van der Waals surface area contributed by atoms with Crippen LogP contribution in [0, 0.1) is 0 Å². The van der Waals surface area contributed by atoms with Crippen LogP contribution in [0.25, 0.3) is 0 Å². The normalized spacial score (nSPS) is 13.3. The van der Waals surface area contributed by atoms with Gasteiger partial charge in [0, 0.05) is 11.8 Å². The van der Waals surface area contributed by atoms with Gasteiger partial charge in [-0.2, -0.15) is 11.8 Å². The number of aliphatic hydroxyl groups excluding tert-OH is 1. The van der Waals surface area contributed by atoms with E-state index >= 15 is 0 Å². The minimum absolute atomic E-state index is 0.0835. The van der Waals surface area contributed by atoms with E-state index in [2.05, 4.69) is 4.72 Å². The zero-order valence-electron chi connectivity index (χ0n) is 11.2. The van der Waals surface area contributed by atoms with Gasteiger partial charge in [0.15, 0.2) is 0 Å². The molecule has 1 atom stereocenters. The lowest BCUT2D eigenvalue weighted by molar-refractivity contribution is 0.280. The van der Waals surface area contributed by atoms with Crippen molar-refractivity contribution in [3.05, 3.63) is 23.8 Å². The molecule has 1 rings (SSSR count). The fraction of sp³-hybridized carbons (Fsp3) is 0.500. The first kappa shape index (κ1) is 16.3. The lowest BCUT2D eigenvalue weighted by atomic mass is 10.2. The molecule has 0 heterocycles. The summed E-state index contributed by atoms with van der Waals surface area (Å²) in [6, 6.07) is 4.37. The van der Waals surface area contributed by atoms with E-state index in [1.54, 1.807) is 17.8 Å². The zero-order valence-corrected chi connectivity index (χ0v) is 12.8. The molecule has 0 aliphatic rings. The highest BCUT2D eigenvalue weighted by Gasteiger charge is 2.21. The van der Waals surface area contributed by atoms with Gasteiger partial charge in [-0.1, -0.05) is 6.07 Å². The Kier molecular flexibility index (Phi) is 6.12. The Bertz CT molecular complexity index is 516. The van der Waals surface area contributed by atoms with Gasteiger partial charge in [0.2, 0.25) is 10.0 Å². The van der Waals surface area contributed by atoms with Gasteiger partial charge in [0.1, 0.15) is 10.6 Å². The van der Waals surface area contributed by atoms with Gasteiger partial charge in [-0.25, -0.2) is 13.1 Å². The van der Waals surface area contributed by atoms with Crippen LogP contribution in [0.2, 0.25) is 0 Å². The SMILES string of the molecule is COc1cc(CO)ccc1S(=O)(=O)NC(C)CSC. The molecule has 0 saturated heterocycles. The van der Waals surface area contributed by atoms with Crippen molar-refractivity contribution in [3.63, 3.8) is 0 Å². The van der Waals surface area contributed by atoms with Crippen LogP contribution in [0.5, 0.6) is 5.75 Å². The van der Waals surface area contributed by atoms with Gasteiger partial charge in [-0.3, -0.25) is 0 Å². The van der Waals surface area contributed by atoms with Crippen molar-refractivity contribution in [3.8, 4) is 5.75 Å². The van der Waals surface area contributed by atoms with E-state index in [0.29, 0.717) is 11.3 Å². The quantitative estimate of drug-likeness (QED) is 0.792. The number of thioether (sulfide) groups is 1. The van der Waals surface area contributed by atoms with E-state index in [1.807, 2.05) is 13.2 Å². The third-order valence-electron chi connectivity index (χ3n) is 2.47. The summed E-state index contributed by atoms with van der Waals surface area (Å²) >= 11 is 1.57. The van der Waals surface area contributed by atoms with Crippen molar-refractivity contribution in [2.24, 2.45) is 0 Å². The minimum Gasteiger partial charge on any atom is -0.495 e. The molecule has 1 unspecified atom stereocenters. The number of methoxy groups -OCH3 is 1. The molecule has 0 aliphatic heterocycles. The molecule has 1 aromatic rings. The predicted molar refractivity (Wildman–Crippen MR) is 77.1 cm³/mol. The van der Waals surface area contributed by atoms with Crippen LogP contribution in [0.4, 0.5) is 0 Å². The fourth-order valence-corrected chi connectivity index (χ4v) is 3.73. The summed E-state index contributed by atoms with van der Waals surface area (Å²) in [7, 11) is -2.22. The summed E-state index contributed by atoms with van der Waals surface area (Å²) < 4.78 is 32.1. The maximum atomic E-state index is 12.2. The summed E-state index contributed by atoms with van der Waals surface area (Å²) in [6.45, 7) is 1.65. The summed E-state index contributed by atoms with van der Waals surface area (Å²) in [4.78, 5) is 0.0835. The van der Waals surface area contributed by atoms with Crippen molar-refractivity contribution in [1.29, 1.82) is 0 Å². The van der Waals surface area contributed by atoms with E-state index in [1.165, 1.54) is 19.2 Å². The van der Waals surface area contributed by atoms with Crippen molar-refractivity contribution in [2.45, 2.75) is 24.5 Å². The summed E-state index contributed by atoms with van der Waals surface area (Å²) in [5, 5.41) is 9.04. The van der Waals surface area contributed by atoms with Crippen LogP contribution in [-0.4, -0.2) is 38.7 Å². The van der Waals surface area contributed by atoms with Gasteiger partial charge < -0.3 is 9.84 Å². The van der Waals surface area contributed by atoms with Crippen LogP contribution in [-0.2, 0) is 16.6 Å². The number of hydrogen-bond donors (Lipinski definition) is 2. The first-order valence-corrected chi connectivity index (χ1v) is 8.61. The highest BCUT2D eigenvalue weighted by Crippen LogP contribution is 2.25. The van der Waals surface area contributed by atoms with Gasteiger partial charge in [0.25, 0.3) is 0 Å². The van der Waals surface area contributed by atoms with Crippen molar-refractivity contribution in [2.75, 3.05) is 19.1 Å². The third kappa shape index (κ3) is 4.38. The molecule has 0 saturated carbocycles. The van der Waals surface area contributed by atoms with E-state index in [9.17, 15) is 8.42 Å². The second kappa shape index (κ2) is 7.14. The Morgan fingerprint density at radius 2 is 2.16 bits per heavy atom. The topological polar surface area (TPSA) is 75.6 Å². The highest BCUT2D eigenvalue weighted by molar-refractivity contribution is 7.98. The molecule has 0 amide bonds. The number of aliphatic hydroxyl groups is 1. The molecular weight excluding hydrogens is 286 g/mol. The molecule has 7 heteroatoms. The molecule has 0 radical (unpaired) electrons. The van der Waals surface area contributed by atoms with E-state index < -0.39 is 10.0 Å². The smallest absolute Gasteiger partial charge is 0.244 e. The second-order valence-corrected chi connectivity index (χ2v) is 6.71. The lowest BCUT2D eigenvalue weighted by Crippen LogP contribution is -2.34. The average molecular weight is 305 g/mol. The van der Waals surface area contributed by atoms with E-state index in [-0.39, 0.29) is 23.3 Å². The van der Waals surface area contributed by atoms with Gasteiger partial charge in [-0.05, 0) is 30.9 Å². The number of nitrogens with one attached hydrogen (secondary N) is 1. The third-order valence-corrected chi connectivity index (χ3v) is 4.94. The summed E-state index contributed by atoms with van der Waals surface area (Å²) in [5.74, 6) is 0.923. The standard InChI is InChI=1S/C12H19NO4S2/c1-9(8-18-3)13-19(15,16)12-5-4-10(7-14)6-11(12)17-2/h4-6,9,13-14H,7-8H2,1-3H3. The first-order chi connectivity index (χ1) is 8.94. The van der Waals surface area contributed by atoms with Crippen LogP contribution in [0.3, 0.4) is 0 Å². The fourth-order valence-electron chi connectivity index (χ4n) is 1.64. The first-order valence-electron chi connectivity index (χ1n) is 5.73. The van der Waals surface area contributed by atoms with Crippen LogP contribution < -0.4 is 9.46 Å². The molecule has 5 nitrogen and oxygen atoms in total. The molecule has 19 heavy (non-hydrogen) atoms. The number of sulfonamides is 1. The van der Waals surface area contributed by atoms with Gasteiger partial charge in [-0.15, -0.1) is 0 Å². The Balaban J connectivity index is 3.07. The van der Waals surface area contributed by atoms with Gasteiger partial charge in [0.05, 0.1) is 13.7 Å². The number of benzene rings is 1. The largest absolute Gasteiger partial charge is 0.495 e. The molecule has 108 valence electrons. The lowest BCUT2D eigenvalue weighted by Gasteiger charge is -2.15. The zero-order chi connectivity index (χ0) is 14.5. The molecular formula is C12H19NO4S2. The molecule has 0 aromatic heterocycles. The van der Waals surface area contributed by atoms with Crippen LogP contribution in [0.1, 0.15) is 12.5 Å². The van der Waals surface area contributed by atoms with Crippen LogP contribution >= 0.6 is 11.8 Å². The van der Waals surface area contributed by atoms with Crippen molar-refractivity contribution >= 4 is 21.8 Å². The molecule has 0 fully saturated rings. The number of ether oxygens (including phenoxy) is 1. The average Bonchev–Trinajstić information content (AvgIpc) is 2.37. The maximum Gasteiger partial charge on any atom is 0.244 e. The Morgan fingerprint density at radius 3 is 2.68 bits per heavy atom. The monoisotopic (exact) mass is 305 g/mol. The Morgan fingerprint density at radius 1 is 1.47 bits per heavy atom.